The van der Waals surface area contributed by atoms with Crippen LogP contribution in [-0.2, 0) is 4.79 Å². The van der Waals surface area contributed by atoms with Gasteiger partial charge in [0.05, 0.1) is 11.3 Å². The molecule has 0 radical (unpaired) electrons. The fourth-order valence-corrected chi connectivity index (χ4v) is 0.912. The average molecular weight is 200 g/mol. The number of hydrogen-bond donors (Lipinski definition) is 2. The van der Waals surface area contributed by atoms with Crippen LogP contribution in [0.15, 0.2) is 12.1 Å². The molecule has 0 heterocycles. The lowest BCUT2D eigenvalue weighted by Crippen LogP contribution is -2.14. The van der Waals surface area contributed by atoms with Gasteiger partial charge in [-0.05, 0) is 6.07 Å². The van der Waals surface area contributed by atoms with E-state index in [0.29, 0.717) is 6.07 Å². The first-order valence-corrected chi connectivity index (χ1v) is 3.55. The van der Waals surface area contributed by atoms with Gasteiger partial charge in [-0.3, -0.25) is 9.59 Å². The summed E-state index contributed by atoms with van der Waals surface area (Å²) in [7, 11) is 0. The highest BCUT2D eigenvalue weighted by molar-refractivity contribution is 5.94. The molecule has 6 heteroatoms. The number of anilines is 1. The van der Waals surface area contributed by atoms with Gasteiger partial charge >= 0.3 is 0 Å². The largest absolute Gasteiger partial charge is 0.366 e. The zero-order valence-electron chi connectivity index (χ0n) is 6.88. The smallest absolute Gasteiger partial charge is 0.251 e. The Morgan fingerprint density at radius 2 is 2.00 bits per heavy atom. The summed E-state index contributed by atoms with van der Waals surface area (Å²) in [5.41, 5.74) is 4.04. The van der Waals surface area contributed by atoms with Crippen molar-refractivity contribution in [2.75, 3.05) is 5.32 Å². The lowest BCUT2D eigenvalue weighted by molar-refractivity contribution is -0.105. The van der Waals surface area contributed by atoms with E-state index in [-0.39, 0.29) is 12.1 Å². The highest BCUT2D eigenvalue weighted by atomic mass is 19.1. The van der Waals surface area contributed by atoms with Crippen molar-refractivity contribution in [3.63, 3.8) is 0 Å². The summed E-state index contributed by atoms with van der Waals surface area (Å²) in [6.07, 6.45) is 0.209. The van der Waals surface area contributed by atoms with Crippen molar-refractivity contribution in [2.24, 2.45) is 5.73 Å². The van der Waals surface area contributed by atoms with Crippen LogP contribution in [0.1, 0.15) is 10.4 Å². The Labute approximate surface area is 77.7 Å². The molecule has 0 atom stereocenters. The van der Waals surface area contributed by atoms with Crippen LogP contribution in [0, 0.1) is 11.6 Å². The van der Waals surface area contributed by atoms with Crippen molar-refractivity contribution in [1.82, 2.24) is 0 Å². The summed E-state index contributed by atoms with van der Waals surface area (Å²) in [4.78, 5) is 20.6. The Morgan fingerprint density at radius 3 is 2.50 bits per heavy atom. The van der Waals surface area contributed by atoms with Crippen molar-refractivity contribution >= 4 is 18.0 Å². The Kier molecular flexibility index (Phi) is 2.76. The monoisotopic (exact) mass is 200 g/mol. The molecule has 74 valence electrons. The molecule has 0 saturated heterocycles. The highest BCUT2D eigenvalue weighted by Crippen LogP contribution is 2.18. The topological polar surface area (TPSA) is 72.2 Å². The summed E-state index contributed by atoms with van der Waals surface area (Å²) in [6.45, 7) is 0. The predicted molar refractivity (Wildman–Crippen MR) is 44.6 cm³/mol. The molecule has 0 bridgehead atoms. The molecular formula is C8H6F2N2O2. The number of rotatable bonds is 3. The molecule has 0 saturated carbocycles. The van der Waals surface area contributed by atoms with Crippen LogP contribution in [0.5, 0.6) is 0 Å². The highest BCUT2D eigenvalue weighted by Gasteiger charge is 2.13. The molecule has 0 aromatic heterocycles. The number of benzene rings is 1. The average Bonchev–Trinajstić information content (AvgIpc) is 2.09. The van der Waals surface area contributed by atoms with Gasteiger partial charge < -0.3 is 11.1 Å². The van der Waals surface area contributed by atoms with Gasteiger partial charge in [-0.15, -0.1) is 0 Å². The van der Waals surface area contributed by atoms with Crippen LogP contribution in [-0.4, -0.2) is 12.3 Å². The second kappa shape index (κ2) is 3.82. The van der Waals surface area contributed by atoms with Crippen molar-refractivity contribution in [3.05, 3.63) is 29.3 Å². The van der Waals surface area contributed by atoms with Crippen molar-refractivity contribution in [1.29, 1.82) is 0 Å². The van der Waals surface area contributed by atoms with E-state index in [4.69, 9.17) is 5.73 Å². The number of primary amides is 1. The first-order valence-electron chi connectivity index (χ1n) is 3.55. The van der Waals surface area contributed by atoms with E-state index < -0.39 is 23.1 Å². The second-order valence-electron chi connectivity index (χ2n) is 2.44. The van der Waals surface area contributed by atoms with Gasteiger partial charge in [-0.2, -0.15) is 0 Å². The summed E-state index contributed by atoms with van der Waals surface area (Å²) in [5.74, 6) is -3.07. The van der Waals surface area contributed by atoms with E-state index in [0.717, 1.165) is 6.07 Å². The summed E-state index contributed by atoms with van der Waals surface area (Å²) < 4.78 is 25.7. The number of amides is 2. The van der Waals surface area contributed by atoms with E-state index in [9.17, 15) is 18.4 Å². The van der Waals surface area contributed by atoms with E-state index >= 15 is 0 Å². The van der Waals surface area contributed by atoms with Crippen LogP contribution < -0.4 is 11.1 Å². The Balaban J connectivity index is 3.26. The fraction of sp³-hybridized carbons (Fsp3) is 0. The van der Waals surface area contributed by atoms with E-state index in [1.165, 1.54) is 0 Å². The maximum Gasteiger partial charge on any atom is 0.251 e. The standard InChI is InChI=1S/C8H6F2N2O2/c9-5-2-6(10)7(12-3-13)1-4(5)8(11)14/h1-3H,(H2,11,14)(H,12,13). The minimum absolute atomic E-state index is 0.209. The molecule has 0 spiro atoms. The molecule has 0 aliphatic rings. The zero-order chi connectivity index (χ0) is 10.7. The lowest BCUT2D eigenvalue weighted by atomic mass is 10.1. The van der Waals surface area contributed by atoms with Crippen molar-refractivity contribution in [3.8, 4) is 0 Å². The molecule has 1 rings (SSSR count). The number of carbonyl (C=O) groups excluding carboxylic acids is 2. The third-order valence-electron chi connectivity index (χ3n) is 1.54. The van der Waals surface area contributed by atoms with Gasteiger partial charge in [-0.1, -0.05) is 0 Å². The second-order valence-corrected chi connectivity index (χ2v) is 2.44. The Bertz CT molecular complexity index is 393. The molecule has 14 heavy (non-hydrogen) atoms. The molecule has 2 amide bonds. The van der Waals surface area contributed by atoms with Gasteiger partial charge in [0.25, 0.3) is 5.91 Å². The first kappa shape index (κ1) is 10.1. The van der Waals surface area contributed by atoms with Crippen LogP contribution >= 0.6 is 0 Å². The van der Waals surface area contributed by atoms with Crippen LogP contribution in [0.25, 0.3) is 0 Å². The van der Waals surface area contributed by atoms with E-state index in [2.05, 4.69) is 0 Å². The fourth-order valence-electron chi connectivity index (χ4n) is 0.912. The van der Waals surface area contributed by atoms with Gasteiger partial charge in [0.1, 0.15) is 11.6 Å². The van der Waals surface area contributed by atoms with Crippen LogP contribution in [0.2, 0.25) is 0 Å². The molecule has 0 aliphatic heterocycles. The molecule has 3 N–H and O–H groups in total. The number of halogens is 2. The van der Waals surface area contributed by atoms with Gasteiger partial charge in [-0.25, -0.2) is 8.78 Å². The number of hydrogen-bond acceptors (Lipinski definition) is 2. The molecule has 4 nitrogen and oxygen atoms in total. The number of carbonyl (C=O) groups is 2. The quantitative estimate of drug-likeness (QED) is 0.702. The van der Waals surface area contributed by atoms with Gasteiger partial charge in [0.15, 0.2) is 0 Å². The van der Waals surface area contributed by atoms with Crippen LogP contribution in [0.4, 0.5) is 14.5 Å². The first-order chi connectivity index (χ1) is 6.56. The zero-order valence-corrected chi connectivity index (χ0v) is 6.88. The predicted octanol–water partition coefficient (Wildman–Crippen LogP) is 0.632. The summed E-state index contributed by atoms with van der Waals surface area (Å²) in [6, 6.07) is 1.31. The summed E-state index contributed by atoms with van der Waals surface area (Å²) >= 11 is 0. The Morgan fingerprint density at radius 1 is 1.36 bits per heavy atom. The minimum Gasteiger partial charge on any atom is -0.366 e. The normalized spacial score (nSPS) is 9.57. The molecule has 1 aromatic rings. The van der Waals surface area contributed by atoms with Gasteiger partial charge in [0, 0.05) is 6.07 Å². The third-order valence-corrected chi connectivity index (χ3v) is 1.54. The molecule has 0 fully saturated rings. The third kappa shape index (κ3) is 1.85. The molecule has 0 aliphatic carbocycles. The van der Waals surface area contributed by atoms with Crippen molar-refractivity contribution < 1.29 is 18.4 Å². The van der Waals surface area contributed by atoms with Gasteiger partial charge in [0.2, 0.25) is 6.41 Å². The van der Waals surface area contributed by atoms with Crippen LogP contribution in [0.3, 0.4) is 0 Å². The maximum atomic E-state index is 12.9. The Hall–Kier alpha value is -1.98. The van der Waals surface area contributed by atoms with E-state index in [1.807, 2.05) is 5.32 Å². The summed E-state index contributed by atoms with van der Waals surface area (Å²) in [5, 5.41) is 1.97. The minimum atomic E-state index is -1.06. The number of nitrogens with two attached hydrogens (primary N) is 1. The SMILES string of the molecule is NC(=O)c1cc(NC=O)c(F)cc1F. The molecule has 0 unspecified atom stereocenters. The number of nitrogens with one attached hydrogen (secondary N) is 1. The molecular weight excluding hydrogens is 194 g/mol. The van der Waals surface area contributed by atoms with E-state index in [1.54, 1.807) is 0 Å². The lowest BCUT2D eigenvalue weighted by Gasteiger charge is -2.04. The maximum absolute atomic E-state index is 12.9. The van der Waals surface area contributed by atoms with Crippen molar-refractivity contribution in [2.45, 2.75) is 0 Å². The molecule has 1 aromatic carbocycles.